The first-order valence-electron chi connectivity index (χ1n) is 7.87. The van der Waals surface area contributed by atoms with Crippen LogP contribution in [0.2, 0.25) is 0 Å². The van der Waals surface area contributed by atoms with E-state index in [-0.39, 0.29) is 16.0 Å². The van der Waals surface area contributed by atoms with E-state index in [1.807, 2.05) is 6.07 Å². The number of aryl methyl sites for hydroxylation is 1. The van der Waals surface area contributed by atoms with Crippen LogP contribution in [0.3, 0.4) is 0 Å². The molecular formula is C17H21NO3. The van der Waals surface area contributed by atoms with E-state index in [0.717, 1.165) is 37.7 Å². The van der Waals surface area contributed by atoms with E-state index in [2.05, 4.69) is 6.07 Å². The summed E-state index contributed by atoms with van der Waals surface area (Å²) in [5.41, 5.74) is 1.45. The van der Waals surface area contributed by atoms with Crippen LogP contribution in [0.25, 0.3) is 0 Å². The second-order valence-corrected chi connectivity index (χ2v) is 7.72. The topological polar surface area (TPSA) is 63.4 Å². The summed E-state index contributed by atoms with van der Waals surface area (Å²) < 4.78 is 0. The molecular weight excluding hydrogens is 266 g/mol. The molecule has 4 nitrogen and oxygen atoms in total. The highest BCUT2D eigenvalue weighted by Gasteiger charge is 2.57. The molecule has 1 aromatic rings. The Bertz CT molecular complexity index is 610. The van der Waals surface area contributed by atoms with Crippen LogP contribution < -0.4 is 0 Å². The van der Waals surface area contributed by atoms with Gasteiger partial charge >= 0.3 is 0 Å². The van der Waals surface area contributed by atoms with E-state index in [9.17, 15) is 15.2 Å². The Hall–Kier alpha value is -1.42. The zero-order chi connectivity index (χ0) is 14.8. The molecule has 0 radical (unpaired) electrons. The predicted molar refractivity (Wildman–Crippen MR) is 79.1 cm³/mol. The van der Waals surface area contributed by atoms with Crippen LogP contribution in [0.15, 0.2) is 18.2 Å². The van der Waals surface area contributed by atoms with E-state index >= 15 is 0 Å². The third-order valence-corrected chi connectivity index (χ3v) is 6.05. The van der Waals surface area contributed by atoms with E-state index < -0.39 is 5.60 Å². The van der Waals surface area contributed by atoms with Crippen LogP contribution in [0.1, 0.15) is 49.7 Å². The molecule has 2 unspecified atom stereocenters. The van der Waals surface area contributed by atoms with Gasteiger partial charge in [-0.3, -0.25) is 10.1 Å². The molecule has 4 aliphatic carbocycles. The molecule has 4 heteroatoms. The van der Waals surface area contributed by atoms with Gasteiger partial charge in [0, 0.05) is 11.6 Å². The van der Waals surface area contributed by atoms with Gasteiger partial charge in [-0.05, 0) is 68.3 Å². The summed E-state index contributed by atoms with van der Waals surface area (Å²) in [6.07, 6.45) is 6.06. The van der Waals surface area contributed by atoms with Crippen LogP contribution in [-0.4, -0.2) is 15.6 Å². The number of nitro benzene ring substituents is 1. The van der Waals surface area contributed by atoms with Crippen molar-refractivity contribution in [2.75, 3.05) is 0 Å². The predicted octanol–water partition coefficient (Wildman–Crippen LogP) is 3.49. The fourth-order valence-electron chi connectivity index (χ4n) is 5.69. The maximum atomic E-state index is 11.2. The van der Waals surface area contributed by atoms with Crippen molar-refractivity contribution in [3.63, 3.8) is 0 Å². The first-order valence-corrected chi connectivity index (χ1v) is 7.87. The molecule has 4 aliphatic rings. The quantitative estimate of drug-likeness (QED) is 0.669. The minimum absolute atomic E-state index is 0.0305. The highest BCUT2D eigenvalue weighted by molar-refractivity contribution is 5.46. The normalized spacial score (nSPS) is 40.5. The lowest BCUT2D eigenvalue weighted by Gasteiger charge is -2.60. The van der Waals surface area contributed by atoms with Gasteiger partial charge in [0.25, 0.3) is 5.69 Å². The maximum Gasteiger partial charge on any atom is 0.272 e. The molecule has 0 spiro atoms. The van der Waals surface area contributed by atoms with E-state index in [0.29, 0.717) is 17.4 Å². The van der Waals surface area contributed by atoms with Crippen molar-refractivity contribution in [2.24, 2.45) is 11.8 Å². The van der Waals surface area contributed by atoms with Gasteiger partial charge < -0.3 is 5.11 Å². The summed E-state index contributed by atoms with van der Waals surface area (Å²) in [6.45, 7) is 1.79. The molecule has 4 bridgehead atoms. The number of nitro groups is 1. The molecule has 4 fully saturated rings. The fourth-order valence-corrected chi connectivity index (χ4v) is 5.69. The fraction of sp³-hybridized carbons (Fsp3) is 0.647. The van der Waals surface area contributed by atoms with Gasteiger partial charge in [-0.25, -0.2) is 0 Å². The third-order valence-electron chi connectivity index (χ3n) is 6.05. The lowest BCUT2D eigenvalue weighted by molar-refractivity contribution is -0.385. The SMILES string of the molecule is Cc1ccc(C23CC4CC(CC(O)(C4)C2)C3)cc1[N+](=O)[O-]. The van der Waals surface area contributed by atoms with Crippen LogP contribution in [-0.2, 0) is 5.41 Å². The molecule has 0 aliphatic heterocycles. The Morgan fingerprint density at radius 3 is 2.48 bits per heavy atom. The van der Waals surface area contributed by atoms with Gasteiger partial charge in [0.15, 0.2) is 0 Å². The Morgan fingerprint density at radius 1 is 1.24 bits per heavy atom. The molecule has 0 amide bonds. The number of hydrogen-bond donors (Lipinski definition) is 1. The number of nitrogens with zero attached hydrogens (tertiary/aromatic N) is 1. The van der Waals surface area contributed by atoms with Crippen molar-refractivity contribution in [3.05, 3.63) is 39.4 Å². The standard InChI is InChI=1S/C17H21NO3/c1-11-2-3-14(5-15(11)18(20)21)16-6-12-4-13(7-16)9-17(19,8-12)10-16/h2-3,5,12-13,19H,4,6-10H2,1H3. The van der Waals surface area contributed by atoms with Gasteiger partial charge in [-0.1, -0.05) is 12.1 Å². The van der Waals surface area contributed by atoms with Crippen LogP contribution in [0, 0.1) is 28.9 Å². The van der Waals surface area contributed by atoms with Crippen molar-refractivity contribution in [3.8, 4) is 0 Å². The van der Waals surface area contributed by atoms with Crippen LogP contribution in [0.5, 0.6) is 0 Å². The second kappa shape index (κ2) is 4.07. The first-order chi connectivity index (χ1) is 9.89. The molecule has 2 atom stereocenters. The molecule has 21 heavy (non-hydrogen) atoms. The Labute approximate surface area is 124 Å². The largest absolute Gasteiger partial charge is 0.390 e. The summed E-state index contributed by atoms with van der Waals surface area (Å²) in [5, 5.41) is 22.0. The Kier molecular flexibility index (Phi) is 2.57. The first kappa shape index (κ1) is 13.3. The minimum atomic E-state index is -0.524. The Morgan fingerprint density at radius 2 is 1.90 bits per heavy atom. The van der Waals surface area contributed by atoms with Crippen molar-refractivity contribution in [1.82, 2.24) is 0 Å². The number of hydrogen-bond acceptors (Lipinski definition) is 3. The number of rotatable bonds is 2. The number of aliphatic hydroxyl groups is 1. The van der Waals surface area contributed by atoms with Crippen LogP contribution in [0.4, 0.5) is 5.69 Å². The van der Waals surface area contributed by atoms with Gasteiger partial charge in [0.2, 0.25) is 0 Å². The second-order valence-electron chi connectivity index (χ2n) is 7.72. The zero-order valence-electron chi connectivity index (χ0n) is 12.3. The van der Waals surface area contributed by atoms with Gasteiger partial charge in [0.05, 0.1) is 10.5 Å². The monoisotopic (exact) mass is 287 g/mol. The summed E-state index contributed by atoms with van der Waals surface area (Å²) in [5.74, 6) is 1.19. The van der Waals surface area contributed by atoms with Crippen molar-refractivity contribution >= 4 is 5.69 Å². The summed E-state index contributed by atoms with van der Waals surface area (Å²) >= 11 is 0. The van der Waals surface area contributed by atoms with Gasteiger partial charge in [0.1, 0.15) is 0 Å². The average molecular weight is 287 g/mol. The lowest BCUT2D eigenvalue weighted by atomic mass is 9.46. The highest BCUT2D eigenvalue weighted by Crippen LogP contribution is 2.62. The van der Waals surface area contributed by atoms with E-state index in [4.69, 9.17) is 0 Å². The van der Waals surface area contributed by atoms with Crippen molar-refractivity contribution in [2.45, 2.75) is 56.5 Å². The van der Waals surface area contributed by atoms with E-state index in [1.165, 1.54) is 6.42 Å². The molecule has 1 aromatic carbocycles. The minimum Gasteiger partial charge on any atom is -0.390 e. The van der Waals surface area contributed by atoms with Gasteiger partial charge in [-0.15, -0.1) is 0 Å². The van der Waals surface area contributed by atoms with Gasteiger partial charge in [-0.2, -0.15) is 0 Å². The lowest BCUT2D eigenvalue weighted by Crippen LogP contribution is -2.57. The maximum absolute atomic E-state index is 11.2. The summed E-state index contributed by atoms with van der Waals surface area (Å²) in [4.78, 5) is 10.9. The van der Waals surface area contributed by atoms with Crippen molar-refractivity contribution < 1.29 is 10.0 Å². The molecule has 5 rings (SSSR count). The molecule has 0 heterocycles. The molecule has 4 saturated carbocycles. The summed E-state index contributed by atoms with van der Waals surface area (Å²) in [7, 11) is 0. The Balaban J connectivity index is 1.79. The molecule has 0 aromatic heterocycles. The van der Waals surface area contributed by atoms with Crippen LogP contribution >= 0.6 is 0 Å². The highest BCUT2D eigenvalue weighted by atomic mass is 16.6. The molecule has 112 valence electrons. The molecule has 1 N–H and O–H groups in total. The third kappa shape index (κ3) is 1.92. The average Bonchev–Trinajstić information content (AvgIpc) is 2.35. The number of benzene rings is 1. The van der Waals surface area contributed by atoms with Crippen molar-refractivity contribution in [1.29, 1.82) is 0 Å². The molecule has 0 saturated heterocycles. The smallest absolute Gasteiger partial charge is 0.272 e. The van der Waals surface area contributed by atoms with E-state index in [1.54, 1.807) is 13.0 Å². The summed E-state index contributed by atoms with van der Waals surface area (Å²) in [6, 6.07) is 5.70. The zero-order valence-corrected chi connectivity index (χ0v) is 12.3.